The van der Waals surface area contributed by atoms with Gasteiger partial charge in [0.2, 0.25) is 0 Å². The molecular formula is C15H15N3O3. The number of aromatic nitrogens is 2. The van der Waals surface area contributed by atoms with Gasteiger partial charge in [-0.15, -0.1) is 0 Å². The van der Waals surface area contributed by atoms with Gasteiger partial charge < -0.3 is 10.0 Å². The summed E-state index contributed by atoms with van der Waals surface area (Å²) in [6.45, 7) is 0.468. The second kappa shape index (κ2) is 5.40. The second-order valence-electron chi connectivity index (χ2n) is 5.03. The van der Waals surface area contributed by atoms with Gasteiger partial charge in [-0.1, -0.05) is 30.3 Å². The van der Waals surface area contributed by atoms with E-state index in [1.54, 1.807) is 6.07 Å². The normalized spacial score (nSPS) is 17.9. The van der Waals surface area contributed by atoms with Crippen LogP contribution in [0.15, 0.2) is 36.4 Å². The molecule has 0 spiro atoms. The number of hydrogen-bond donors (Lipinski definition) is 2. The molecule has 1 atom stereocenters. The molecule has 108 valence electrons. The molecule has 0 bridgehead atoms. The molecule has 1 aromatic carbocycles. The molecule has 1 saturated heterocycles. The Kier molecular flexibility index (Phi) is 3.43. The summed E-state index contributed by atoms with van der Waals surface area (Å²) in [5, 5.41) is 16.0. The van der Waals surface area contributed by atoms with Crippen LogP contribution in [-0.4, -0.2) is 44.7 Å². The van der Waals surface area contributed by atoms with Crippen molar-refractivity contribution in [3.63, 3.8) is 0 Å². The van der Waals surface area contributed by atoms with E-state index in [1.165, 1.54) is 4.90 Å². The van der Waals surface area contributed by atoms with Gasteiger partial charge in [-0.2, -0.15) is 5.10 Å². The van der Waals surface area contributed by atoms with Gasteiger partial charge in [0, 0.05) is 12.1 Å². The Morgan fingerprint density at radius 1 is 1.29 bits per heavy atom. The van der Waals surface area contributed by atoms with Gasteiger partial charge in [0.15, 0.2) is 0 Å². The third kappa shape index (κ3) is 2.52. The lowest BCUT2D eigenvalue weighted by Crippen LogP contribution is -2.40. The summed E-state index contributed by atoms with van der Waals surface area (Å²) in [4.78, 5) is 24.9. The third-order valence-electron chi connectivity index (χ3n) is 3.68. The Hall–Kier alpha value is -2.63. The monoisotopic (exact) mass is 285 g/mol. The van der Waals surface area contributed by atoms with Gasteiger partial charge in [0.1, 0.15) is 11.7 Å². The molecule has 1 fully saturated rings. The molecule has 1 amide bonds. The van der Waals surface area contributed by atoms with Gasteiger partial charge in [-0.25, -0.2) is 4.79 Å². The number of benzene rings is 1. The molecule has 0 saturated carbocycles. The van der Waals surface area contributed by atoms with Crippen molar-refractivity contribution in [2.75, 3.05) is 6.54 Å². The fourth-order valence-corrected chi connectivity index (χ4v) is 2.61. The number of aliphatic carboxylic acids is 1. The van der Waals surface area contributed by atoms with E-state index in [0.717, 1.165) is 5.56 Å². The van der Waals surface area contributed by atoms with Crippen LogP contribution in [0.2, 0.25) is 0 Å². The minimum atomic E-state index is -0.955. The van der Waals surface area contributed by atoms with Crippen molar-refractivity contribution in [3.05, 3.63) is 42.1 Å². The minimum absolute atomic E-state index is 0.311. The van der Waals surface area contributed by atoms with E-state index in [4.69, 9.17) is 5.11 Å². The fraction of sp³-hybridized carbons (Fsp3) is 0.267. The number of nitrogens with zero attached hydrogens (tertiary/aromatic N) is 2. The van der Waals surface area contributed by atoms with E-state index in [0.29, 0.717) is 30.8 Å². The Morgan fingerprint density at radius 3 is 2.76 bits per heavy atom. The Morgan fingerprint density at radius 2 is 2.05 bits per heavy atom. The highest BCUT2D eigenvalue weighted by Gasteiger charge is 2.35. The van der Waals surface area contributed by atoms with Crippen LogP contribution in [0.3, 0.4) is 0 Å². The summed E-state index contributed by atoms with van der Waals surface area (Å²) in [5.74, 6) is -1.27. The average Bonchev–Trinajstić information content (AvgIpc) is 3.17. The van der Waals surface area contributed by atoms with E-state index in [1.807, 2.05) is 30.3 Å². The zero-order valence-corrected chi connectivity index (χ0v) is 11.3. The summed E-state index contributed by atoms with van der Waals surface area (Å²) in [5.41, 5.74) is 1.90. The van der Waals surface area contributed by atoms with E-state index in [-0.39, 0.29) is 5.91 Å². The van der Waals surface area contributed by atoms with Crippen molar-refractivity contribution in [1.82, 2.24) is 15.1 Å². The first-order valence-electron chi connectivity index (χ1n) is 6.81. The minimum Gasteiger partial charge on any atom is -0.480 e. The topological polar surface area (TPSA) is 86.3 Å². The number of carboxylic acid groups (broad SMARTS) is 1. The molecule has 1 aliphatic rings. The van der Waals surface area contributed by atoms with Crippen LogP contribution < -0.4 is 0 Å². The number of nitrogens with one attached hydrogen (secondary N) is 1. The second-order valence-corrected chi connectivity index (χ2v) is 5.03. The number of likely N-dealkylation sites (tertiary alicyclic amines) is 1. The summed E-state index contributed by atoms with van der Waals surface area (Å²) < 4.78 is 0. The van der Waals surface area contributed by atoms with Crippen molar-refractivity contribution < 1.29 is 14.7 Å². The highest BCUT2D eigenvalue weighted by molar-refractivity contribution is 5.96. The molecule has 3 rings (SSSR count). The molecule has 0 aliphatic carbocycles. The van der Waals surface area contributed by atoms with Crippen LogP contribution >= 0.6 is 0 Å². The van der Waals surface area contributed by atoms with Gasteiger partial charge >= 0.3 is 5.97 Å². The fourth-order valence-electron chi connectivity index (χ4n) is 2.61. The van der Waals surface area contributed by atoms with Gasteiger partial charge in [-0.05, 0) is 18.9 Å². The molecule has 6 heteroatoms. The van der Waals surface area contributed by atoms with Crippen LogP contribution in [0, 0.1) is 0 Å². The molecule has 6 nitrogen and oxygen atoms in total. The van der Waals surface area contributed by atoms with E-state index >= 15 is 0 Å². The predicted molar refractivity (Wildman–Crippen MR) is 75.7 cm³/mol. The van der Waals surface area contributed by atoms with Crippen molar-refractivity contribution in [1.29, 1.82) is 0 Å². The summed E-state index contributed by atoms with van der Waals surface area (Å²) >= 11 is 0. The maximum atomic E-state index is 12.4. The zero-order valence-electron chi connectivity index (χ0n) is 11.3. The van der Waals surface area contributed by atoms with Gasteiger partial charge in [-0.3, -0.25) is 9.89 Å². The van der Waals surface area contributed by atoms with E-state index < -0.39 is 12.0 Å². The van der Waals surface area contributed by atoms with E-state index in [2.05, 4.69) is 10.2 Å². The largest absolute Gasteiger partial charge is 0.480 e. The molecule has 2 N–H and O–H groups in total. The molecule has 1 aliphatic heterocycles. The third-order valence-corrected chi connectivity index (χ3v) is 3.68. The number of aromatic amines is 1. The molecule has 21 heavy (non-hydrogen) atoms. The van der Waals surface area contributed by atoms with Crippen LogP contribution in [-0.2, 0) is 4.79 Å². The van der Waals surface area contributed by atoms with Crippen molar-refractivity contribution in [3.8, 4) is 11.3 Å². The first kappa shape index (κ1) is 13.4. The number of carbonyl (C=O) groups is 2. The molecule has 2 heterocycles. The number of carbonyl (C=O) groups excluding carboxylic acids is 1. The highest BCUT2D eigenvalue weighted by atomic mass is 16.4. The maximum Gasteiger partial charge on any atom is 0.326 e. The first-order valence-corrected chi connectivity index (χ1v) is 6.81. The van der Waals surface area contributed by atoms with Crippen molar-refractivity contribution in [2.24, 2.45) is 0 Å². The quantitative estimate of drug-likeness (QED) is 0.899. The molecule has 1 aromatic heterocycles. The van der Waals surface area contributed by atoms with Crippen LogP contribution in [0.25, 0.3) is 11.3 Å². The van der Waals surface area contributed by atoms with Crippen LogP contribution in [0.5, 0.6) is 0 Å². The summed E-state index contributed by atoms with van der Waals surface area (Å²) in [6.07, 6.45) is 1.21. The van der Waals surface area contributed by atoms with Crippen molar-refractivity contribution >= 4 is 11.9 Å². The van der Waals surface area contributed by atoms with Crippen LogP contribution in [0.4, 0.5) is 0 Å². The number of rotatable bonds is 3. The van der Waals surface area contributed by atoms with Gasteiger partial charge in [0.25, 0.3) is 5.91 Å². The predicted octanol–water partition coefficient (Wildman–Crippen LogP) is 1.77. The lowest BCUT2D eigenvalue weighted by Gasteiger charge is -2.20. The number of carboxylic acids is 1. The molecule has 0 radical (unpaired) electrons. The van der Waals surface area contributed by atoms with Crippen molar-refractivity contribution in [2.45, 2.75) is 18.9 Å². The van der Waals surface area contributed by atoms with E-state index in [9.17, 15) is 9.59 Å². The molecular weight excluding hydrogens is 270 g/mol. The summed E-state index contributed by atoms with van der Waals surface area (Å²) in [6, 6.07) is 10.4. The maximum absolute atomic E-state index is 12.4. The number of H-pyrrole nitrogens is 1. The summed E-state index contributed by atoms with van der Waals surface area (Å²) in [7, 11) is 0. The standard InChI is InChI=1S/C15H15N3O3/c19-14(18-8-4-7-13(18)15(20)21)12-9-11(16-17-12)10-5-2-1-3-6-10/h1-3,5-6,9,13H,4,7-8H2,(H,16,17)(H,20,21)/t13-/m1/s1. The number of hydrogen-bond acceptors (Lipinski definition) is 3. The van der Waals surface area contributed by atoms with Gasteiger partial charge in [0.05, 0.1) is 5.69 Å². The zero-order chi connectivity index (χ0) is 14.8. The number of amides is 1. The molecule has 0 unspecified atom stereocenters. The SMILES string of the molecule is O=C(O)[C@H]1CCCN1C(=O)c1cc(-c2ccccc2)n[nH]1. The van der Waals surface area contributed by atoms with Crippen LogP contribution in [0.1, 0.15) is 23.3 Å². The highest BCUT2D eigenvalue weighted by Crippen LogP contribution is 2.22. The smallest absolute Gasteiger partial charge is 0.326 e. The Labute approximate surface area is 121 Å². The lowest BCUT2D eigenvalue weighted by atomic mass is 10.1. The average molecular weight is 285 g/mol. The lowest BCUT2D eigenvalue weighted by molar-refractivity contribution is -0.141. The molecule has 2 aromatic rings. The Balaban J connectivity index is 1.83. The Bertz CT molecular complexity index is 666. The first-order chi connectivity index (χ1) is 10.2.